The summed E-state index contributed by atoms with van der Waals surface area (Å²) >= 11 is 0. The molecule has 44 heavy (non-hydrogen) atoms. The smallest absolute Gasteiger partial charge is 0.480 e. The lowest BCUT2D eigenvalue weighted by Gasteiger charge is -2.30. The molecule has 0 radical (unpaired) electrons. The van der Waals surface area contributed by atoms with Crippen molar-refractivity contribution >= 4 is 29.7 Å². The Morgan fingerprint density at radius 2 is 1.73 bits per heavy atom. The minimum absolute atomic E-state index is 0.0780. The quantitative estimate of drug-likeness (QED) is 0.200. The first-order chi connectivity index (χ1) is 20.6. The molecule has 0 unspecified atom stereocenters. The Morgan fingerprint density at radius 1 is 1.09 bits per heavy atom. The number of carbonyl (C=O) groups excluding carboxylic acids is 3. The molecule has 1 fully saturated rings. The summed E-state index contributed by atoms with van der Waals surface area (Å²) < 4.78 is 31.7. The van der Waals surface area contributed by atoms with Crippen molar-refractivity contribution in [2.75, 3.05) is 6.54 Å². The lowest BCUT2D eigenvalue weighted by molar-refractivity contribution is -0.192. The highest BCUT2D eigenvalue weighted by atomic mass is 19.4. The number of H-pyrrole nitrogens is 1. The third-order valence-corrected chi connectivity index (χ3v) is 7.13. The Labute approximate surface area is 251 Å². The number of nitrogens with two attached hydrogens (primary N) is 1. The largest absolute Gasteiger partial charge is 0.490 e. The predicted octanol–water partition coefficient (Wildman–Crippen LogP) is 1.25. The van der Waals surface area contributed by atoms with Crippen molar-refractivity contribution in [2.45, 2.75) is 76.3 Å². The lowest BCUT2D eigenvalue weighted by Crippen LogP contribution is -2.58. The van der Waals surface area contributed by atoms with E-state index in [0.29, 0.717) is 31.5 Å². The molecule has 13 nitrogen and oxygen atoms in total. The Hall–Kier alpha value is -4.47. The number of carboxylic acid groups (broad SMARTS) is 2. The first kappa shape index (κ1) is 35.7. The molecule has 7 N–H and O–H groups in total. The van der Waals surface area contributed by atoms with Crippen LogP contribution in [0.3, 0.4) is 0 Å². The third kappa shape index (κ3) is 10.7. The van der Waals surface area contributed by atoms with Gasteiger partial charge in [0.15, 0.2) is 0 Å². The minimum atomic E-state index is -5.08. The van der Waals surface area contributed by atoms with E-state index in [-0.39, 0.29) is 18.8 Å². The average molecular weight is 627 g/mol. The van der Waals surface area contributed by atoms with Gasteiger partial charge in [-0.15, -0.1) is 0 Å². The van der Waals surface area contributed by atoms with Gasteiger partial charge in [0.25, 0.3) is 0 Å². The zero-order valence-corrected chi connectivity index (χ0v) is 24.2. The van der Waals surface area contributed by atoms with Crippen LogP contribution in [-0.2, 0) is 36.8 Å². The average Bonchev–Trinajstić information content (AvgIpc) is 3.68. The van der Waals surface area contributed by atoms with E-state index in [1.54, 1.807) is 30.5 Å². The zero-order chi connectivity index (χ0) is 33.0. The highest BCUT2D eigenvalue weighted by molar-refractivity contribution is 5.94. The number of carboxylic acids is 2. The maximum Gasteiger partial charge on any atom is 0.490 e. The molecule has 1 saturated heterocycles. The number of alkyl halides is 3. The van der Waals surface area contributed by atoms with Gasteiger partial charge in [0.05, 0.1) is 12.4 Å². The fourth-order valence-electron chi connectivity index (χ4n) is 4.42. The summed E-state index contributed by atoms with van der Waals surface area (Å²) in [4.78, 5) is 68.7. The summed E-state index contributed by atoms with van der Waals surface area (Å²) in [5, 5.41) is 22.2. The normalized spacial score (nSPS) is 17.3. The van der Waals surface area contributed by atoms with Gasteiger partial charge >= 0.3 is 18.1 Å². The fraction of sp³-hybridized carbons (Fsp3) is 0.500. The number of benzene rings is 1. The van der Waals surface area contributed by atoms with E-state index in [0.717, 1.165) is 5.56 Å². The van der Waals surface area contributed by atoms with Gasteiger partial charge in [0.2, 0.25) is 17.7 Å². The van der Waals surface area contributed by atoms with E-state index in [2.05, 4.69) is 20.6 Å². The van der Waals surface area contributed by atoms with Crippen LogP contribution in [0.2, 0.25) is 0 Å². The fourth-order valence-corrected chi connectivity index (χ4v) is 4.42. The monoisotopic (exact) mass is 626 g/mol. The van der Waals surface area contributed by atoms with Crippen LogP contribution in [0.25, 0.3) is 0 Å². The number of amides is 3. The second-order valence-corrected chi connectivity index (χ2v) is 10.3. The minimum Gasteiger partial charge on any atom is -0.480 e. The standard InChI is InChI=1S/C26H36N6O5.C2HF3O2/c1-3-16(2)22(27)24(34)30-19(13-18-14-28-15-29-18)25(35)32-11-7-10-21(32)23(33)31-20(26(36)37)12-17-8-5-4-6-9-17;3-2(4,5)1(6)7/h4-6,8-9,14-16,19-22H,3,7,10-13,27H2,1-2H3,(H,28,29)(H,30,34)(H,31,33)(H,36,37);(H,6,7)/t16-,19-,20-,21-,22-;/m0./s1. The summed E-state index contributed by atoms with van der Waals surface area (Å²) in [5.41, 5.74) is 7.51. The van der Waals surface area contributed by atoms with Crippen LogP contribution < -0.4 is 16.4 Å². The summed E-state index contributed by atoms with van der Waals surface area (Å²) in [6.07, 6.45) is -0.0900. The maximum atomic E-state index is 13.6. The van der Waals surface area contributed by atoms with Crippen molar-refractivity contribution in [3.05, 3.63) is 54.1 Å². The van der Waals surface area contributed by atoms with Crippen LogP contribution in [0.5, 0.6) is 0 Å². The van der Waals surface area contributed by atoms with Crippen LogP contribution in [-0.4, -0.2) is 91.6 Å². The van der Waals surface area contributed by atoms with E-state index in [1.165, 1.54) is 11.2 Å². The van der Waals surface area contributed by atoms with Crippen molar-refractivity contribution in [3.8, 4) is 0 Å². The Morgan fingerprint density at radius 3 is 2.25 bits per heavy atom. The number of hydrogen-bond acceptors (Lipinski definition) is 7. The summed E-state index contributed by atoms with van der Waals surface area (Å²) in [6.45, 7) is 4.12. The van der Waals surface area contributed by atoms with Gasteiger partial charge in [-0.1, -0.05) is 50.6 Å². The van der Waals surface area contributed by atoms with E-state index in [4.69, 9.17) is 15.6 Å². The summed E-state index contributed by atoms with van der Waals surface area (Å²) in [7, 11) is 0. The molecular formula is C28H37F3N6O7. The van der Waals surface area contributed by atoms with E-state index in [1.807, 2.05) is 19.9 Å². The van der Waals surface area contributed by atoms with Crippen molar-refractivity contribution in [1.82, 2.24) is 25.5 Å². The first-order valence-corrected chi connectivity index (χ1v) is 13.9. The lowest BCUT2D eigenvalue weighted by atomic mass is 9.98. The van der Waals surface area contributed by atoms with E-state index < -0.39 is 60.0 Å². The second kappa shape index (κ2) is 16.4. The maximum absolute atomic E-state index is 13.6. The molecular weight excluding hydrogens is 589 g/mol. The van der Waals surface area contributed by atoms with Crippen molar-refractivity contribution in [2.24, 2.45) is 11.7 Å². The molecule has 0 aliphatic carbocycles. The Kier molecular flexibility index (Phi) is 13.3. The number of hydrogen-bond donors (Lipinski definition) is 6. The van der Waals surface area contributed by atoms with E-state index in [9.17, 15) is 37.5 Å². The van der Waals surface area contributed by atoms with Gasteiger partial charge in [0, 0.05) is 31.3 Å². The molecule has 242 valence electrons. The Bertz CT molecular complexity index is 1260. The number of rotatable bonds is 12. The van der Waals surface area contributed by atoms with Crippen LogP contribution >= 0.6 is 0 Å². The molecule has 2 aromatic rings. The number of likely N-dealkylation sites (tertiary alicyclic amines) is 1. The number of imidazole rings is 1. The van der Waals surface area contributed by atoms with Gasteiger partial charge in [-0.2, -0.15) is 13.2 Å². The molecule has 3 rings (SSSR count). The molecule has 1 aromatic carbocycles. The molecule has 3 amide bonds. The molecule has 1 aliphatic rings. The molecule has 5 atom stereocenters. The van der Waals surface area contributed by atoms with E-state index >= 15 is 0 Å². The van der Waals surface area contributed by atoms with Crippen molar-refractivity contribution in [3.63, 3.8) is 0 Å². The highest BCUT2D eigenvalue weighted by Gasteiger charge is 2.40. The van der Waals surface area contributed by atoms with Crippen LogP contribution in [0.4, 0.5) is 13.2 Å². The highest BCUT2D eigenvalue weighted by Crippen LogP contribution is 2.20. The summed E-state index contributed by atoms with van der Waals surface area (Å²) in [5.74, 6) is -5.39. The number of aliphatic carboxylic acids is 2. The number of aromatic nitrogens is 2. The topological polar surface area (TPSA) is 208 Å². The molecule has 2 heterocycles. The zero-order valence-electron chi connectivity index (χ0n) is 24.2. The summed E-state index contributed by atoms with van der Waals surface area (Å²) in [6, 6.07) is 5.29. The van der Waals surface area contributed by atoms with Crippen LogP contribution in [0, 0.1) is 5.92 Å². The SMILES string of the molecule is CC[C@H](C)[C@H](N)C(=O)N[C@@H](Cc1cnc[nH]1)C(=O)N1CCC[C@H]1C(=O)N[C@@H](Cc1ccccc1)C(=O)O.O=C(O)C(F)(F)F. The van der Waals surface area contributed by atoms with Gasteiger partial charge in [-0.05, 0) is 24.3 Å². The number of nitrogens with zero attached hydrogens (tertiary/aromatic N) is 2. The molecule has 1 aromatic heterocycles. The van der Waals surface area contributed by atoms with Crippen LogP contribution in [0.15, 0.2) is 42.9 Å². The van der Waals surface area contributed by atoms with Gasteiger partial charge in [0.1, 0.15) is 18.1 Å². The van der Waals surface area contributed by atoms with Crippen molar-refractivity contribution < 1.29 is 47.4 Å². The van der Waals surface area contributed by atoms with Gasteiger partial charge < -0.3 is 36.5 Å². The van der Waals surface area contributed by atoms with Crippen molar-refractivity contribution in [1.29, 1.82) is 0 Å². The van der Waals surface area contributed by atoms with Gasteiger partial charge in [-0.25, -0.2) is 14.6 Å². The molecule has 1 aliphatic heterocycles. The number of halogens is 3. The Balaban J connectivity index is 0.000000860. The van der Waals surface area contributed by atoms with Gasteiger partial charge in [-0.3, -0.25) is 14.4 Å². The number of aromatic amines is 1. The molecule has 0 bridgehead atoms. The molecule has 16 heteroatoms. The first-order valence-electron chi connectivity index (χ1n) is 13.9. The second-order valence-electron chi connectivity index (χ2n) is 10.3. The predicted molar refractivity (Wildman–Crippen MR) is 150 cm³/mol. The molecule has 0 saturated carbocycles. The number of nitrogens with one attached hydrogen (secondary N) is 3. The number of carbonyl (C=O) groups is 5. The van der Waals surface area contributed by atoms with Crippen LogP contribution in [0.1, 0.15) is 44.4 Å². The molecule has 0 spiro atoms. The third-order valence-electron chi connectivity index (χ3n) is 7.13.